The second-order valence-corrected chi connectivity index (χ2v) is 9.60. The summed E-state index contributed by atoms with van der Waals surface area (Å²) in [6.07, 6.45) is 2.20. The molecule has 1 aliphatic heterocycles. The Kier molecular flexibility index (Phi) is 5.48. The van der Waals surface area contributed by atoms with E-state index in [9.17, 15) is 13.5 Å². The molecular formula is C21H22ClN3O3S. The van der Waals surface area contributed by atoms with Crippen molar-refractivity contribution >= 4 is 21.6 Å². The molecule has 2 N–H and O–H groups in total. The Hall–Kier alpha value is -2.19. The maximum Gasteiger partial charge on any atom is 0.244 e. The van der Waals surface area contributed by atoms with Gasteiger partial charge in [0, 0.05) is 30.4 Å². The quantitative estimate of drug-likeness (QED) is 0.656. The molecule has 0 atom stereocenters. The van der Waals surface area contributed by atoms with E-state index in [4.69, 9.17) is 11.6 Å². The lowest BCUT2D eigenvalue weighted by Crippen LogP contribution is -2.40. The number of aromatic amines is 1. The van der Waals surface area contributed by atoms with Crippen LogP contribution in [0.4, 0.5) is 0 Å². The van der Waals surface area contributed by atoms with Gasteiger partial charge in [-0.15, -0.1) is 0 Å². The smallest absolute Gasteiger partial charge is 0.244 e. The third-order valence-electron chi connectivity index (χ3n) is 5.14. The van der Waals surface area contributed by atoms with Crippen molar-refractivity contribution in [2.45, 2.75) is 30.8 Å². The fraction of sp³-hybridized carbons (Fsp3) is 0.286. The van der Waals surface area contributed by atoms with Gasteiger partial charge in [-0.1, -0.05) is 35.4 Å². The number of H-pyrrole nitrogens is 1. The van der Waals surface area contributed by atoms with Gasteiger partial charge in [0.05, 0.1) is 16.8 Å². The van der Waals surface area contributed by atoms with Gasteiger partial charge in [-0.3, -0.25) is 0 Å². The number of aliphatic hydroxyl groups excluding tert-OH is 1. The Morgan fingerprint density at radius 1 is 1.14 bits per heavy atom. The molecule has 8 heteroatoms. The number of aliphatic hydroxyl groups is 1. The maximum absolute atomic E-state index is 13.1. The van der Waals surface area contributed by atoms with E-state index in [1.54, 1.807) is 24.4 Å². The number of imidazole rings is 1. The van der Waals surface area contributed by atoms with Gasteiger partial charge in [0.15, 0.2) is 0 Å². The minimum atomic E-state index is -3.75. The first-order valence-electron chi connectivity index (χ1n) is 9.45. The highest BCUT2D eigenvalue weighted by Crippen LogP contribution is 2.31. The number of nitrogens with zero attached hydrogens (tertiary/aromatic N) is 2. The molecule has 1 saturated heterocycles. The van der Waals surface area contributed by atoms with E-state index in [0.717, 1.165) is 16.8 Å². The molecule has 0 radical (unpaired) electrons. The first-order chi connectivity index (χ1) is 13.8. The standard InChI is InChI=1S/C21H22ClN3O3S/c1-14-3-2-4-15(11-14)19-13-23-21(24-19)16-5-6-18(22)20(12-16)29(27,28)25-9-7-17(26)8-10-25/h2-6,11-13,17,26H,7-10H2,1H3,(H,23,24). The molecule has 0 aliphatic carbocycles. The van der Waals surface area contributed by atoms with Gasteiger partial charge in [-0.2, -0.15) is 4.31 Å². The van der Waals surface area contributed by atoms with Crippen molar-refractivity contribution in [3.05, 3.63) is 59.2 Å². The van der Waals surface area contributed by atoms with Crippen molar-refractivity contribution in [3.8, 4) is 22.6 Å². The zero-order valence-electron chi connectivity index (χ0n) is 16.0. The Morgan fingerprint density at radius 2 is 1.90 bits per heavy atom. The SMILES string of the molecule is Cc1cccc(-c2c[nH]c(-c3ccc(Cl)c(S(=O)(=O)N4CCC(O)CC4)c3)n2)c1. The summed E-state index contributed by atoms with van der Waals surface area (Å²) >= 11 is 6.25. The highest BCUT2D eigenvalue weighted by atomic mass is 35.5. The number of sulfonamides is 1. The van der Waals surface area contributed by atoms with Crippen LogP contribution in [0.5, 0.6) is 0 Å². The van der Waals surface area contributed by atoms with Crippen molar-refractivity contribution in [1.29, 1.82) is 0 Å². The number of hydrogen-bond acceptors (Lipinski definition) is 4. The molecular weight excluding hydrogens is 410 g/mol. The molecule has 0 saturated carbocycles. The van der Waals surface area contributed by atoms with Gasteiger partial charge in [0.1, 0.15) is 10.7 Å². The van der Waals surface area contributed by atoms with Gasteiger partial charge >= 0.3 is 0 Å². The number of rotatable bonds is 4. The third kappa shape index (κ3) is 4.09. The number of halogens is 1. The molecule has 1 aliphatic rings. The van der Waals surface area contributed by atoms with Crippen LogP contribution in [-0.2, 0) is 10.0 Å². The second kappa shape index (κ2) is 7.91. The van der Waals surface area contributed by atoms with E-state index < -0.39 is 16.1 Å². The Morgan fingerprint density at radius 3 is 2.62 bits per heavy atom. The summed E-state index contributed by atoms with van der Waals surface area (Å²) in [7, 11) is -3.75. The zero-order valence-corrected chi connectivity index (χ0v) is 17.5. The normalized spacial score (nSPS) is 16.2. The number of benzene rings is 2. The summed E-state index contributed by atoms with van der Waals surface area (Å²) in [6, 6.07) is 12.9. The summed E-state index contributed by atoms with van der Waals surface area (Å²) in [4.78, 5) is 7.81. The van der Waals surface area contributed by atoms with Crippen molar-refractivity contribution in [1.82, 2.24) is 14.3 Å². The summed E-state index contributed by atoms with van der Waals surface area (Å²) < 4.78 is 27.6. The first kappa shape index (κ1) is 20.1. The number of hydrogen-bond donors (Lipinski definition) is 2. The molecule has 1 fully saturated rings. The zero-order chi connectivity index (χ0) is 20.6. The predicted octanol–water partition coefficient (Wildman–Crippen LogP) is 3.85. The van der Waals surface area contributed by atoms with Crippen molar-refractivity contribution < 1.29 is 13.5 Å². The minimum Gasteiger partial charge on any atom is -0.393 e. The largest absolute Gasteiger partial charge is 0.393 e. The Labute approximate surface area is 175 Å². The molecule has 1 aromatic heterocycles. The Bertz CT molecular complexity index is 1140. The molecule has 29 heavy (non-hydrogen) atoms. The van der Waals surface area contributed by atoms with Crippen LogP contribution >= 0.6 is 11.6 Å². The molecule has 2 heterocycles. The van der Waals surface area contributed by atoms with Crippen LogP contribution in [0.1, 0.15) is 18.4 Å². The molecule has 6 nitrogen and oxygen atoms in total. The summed E-state index contributed by atoms with van der Waals surface area (Å²) in [5, 5.41) is 9.84. The third-order valence-corrected chi connectivity index (χ3v) is 7.52. The van der Waals surface area contributed by atoms with Gasteiger partial charge < -0.3 is 10.1 Å². The number of piperidine rings is 1. The van der Waals surface area contributed by atoms with E-state index in [-0.39, 0.29) is 23.0 Å². The predicted molar refractivity (Wildman–Crippen MR) is 113 cm³/mol. The molecule has 2 aromatic carbocycles. The van der Waals surface area contributed by atoms with Crippen LogP contribution in [0.2, 0.25) is 5.02 Å². The number of aryl methyl sites for hydroxylation is 1. The fourth-order valence-electron chi connectivity index (χ4n) is 3.49. The second-order valence-electron chi connectivity index (χ2n) is 7.28. The Balaban J connectivity index is 1.67. The minimum absolute atomic E-state index is 0.0570. The molecule has 0 spiro atoms. The van der Waals surface area contributed by atoms with E-state index in [2.05, 4.69) is 9.97 Å². The molecule has 0 amide bonds. The van der Waals surface area contributed by atoms with Crippen LogP contribution in [0, 0.1) is 6.92 Å². The van der Waals surface area contributed by atoms with E-state index in [0.29, 0.717) is 24.2 Å². The maximum atomic E-state index is 13.1. The van der Waals surface area contributed by atoms with Crippen LogP contribution < -0.4 is 0 Å². The lowest BCUT2D eigenvalue weighted by atomic mass is 10.1. The van der Waals surface area contributed by atoms with E-state index in [1.165, 1.54) is 4.31 Å². The number of nitrogens with one attached hydrogen (secondary N) is 1. The van der Waals surface area contributed by atoms with Crippen LogP contribution in [0.15, 0.2) is 53.6 Å². The van der Waals surface area contributed by atoms with Gasteiger partial charge in [-0.25, -0.2) is 13.4 Å². The topological polar surface area (TPSA) is 86.3 Å². The van der Waals surface area contributed by atoms with Crippen molar-refractivity contribution in [2.75, 3.05) is 13.1 Å². The highest BCUT2D eigenvalue weighted by molar-refractivity contribution is 7.89. The molecule has 0 bridgehead atoms. The van der Waals surface area contributed by atoms with Crippen molar-refractivity contribution in [2.24, 2.45) is 0 Å². The van der Waals surface area contributed by atoms with E-state index in [1.807, 2.05) is 31.2 Å². The average molecular weight is 432 g/mol. The fourth-order valence-corrected chi connectivity index (χ4v) is 5.46. The van der Waals surface area contributed by atoms with Crippen LogP contribution in [0.3, 0.4) is 0 Å². The van der Waals surface area contributed by atoms with Gasteiger partial charge in [0.25, 0.3) is 0 Å². The van der Waals surface area contributed by atoms with Gasteiger partial charge in [-0.05, 0) is 44.0 Å². The summed E-state index contributed by atoms with van der Waals surface area (Å²) in [6.45, 7) is 2.58. The molecule has 0 unspecified atom stereocenters. The molecule has 3 aromatic rings. The summed E-state index contributed by atoms with van der Waals surface area (Å²) in [5.74, 6) is 0.573. The summed E-state index contributed by atoms with van der Waals surface area (Å²) in [5.41, 5.74) is 3.55. The lowest BCUT2D eigenvalue weighted by Gasteiger charge is -2.29. The highest BCUT2D eigenvalue weighted by Gasteiger charge is 2.30. The van der Waals surface area contributed by atoms with Crippen molar-refractivity contribution in [3.63, 3.8) is 0 Å². The first-order valence-corrected chi connectivity index (χ1v) is 11.3. The average Bonchev–Trinajstić information content (AvgIpc) is 3.19. The monoisotopic (exact) mass is 431 g/mol. The molecule has 4 rings (SSSR count). The van der Waals surface area contributed by atoms with Crippen LogP contribution in [0.25, 0.3) is 22.6 Å². The number of aromatic nitrogens is 2. The van der Waals surface area contributed by atoms with E-state index >= 15 is 0 Å². The lowest BCUT2D eigenvalue weighted by molar-refractivity contribution is 0.113. The molecule has 152 valence electrons. The van der Waals surface area contributed by atoms with Crippen LogP contribution in [-0.4, -0.2) is 47.0 Å². The van der Waals surface area contributed by atoms with Gasteiger partial charge in [0.2, 0.25) is 10.0 Å².